The van der Waals surface area contributed by atoms with Gasteiger partial charge in [-0.05, 0) is 24.5 Å². The fourth-order valence-electron chi connectivity index (χ4n) is 1.62. The third kappa shape index (κ3) is 6.90. The highest BCUT2D eigenvalue weighted by atomic mass is 16.4. The van der Waals surface area contributed by atoms with Gasteiger partial charge in [-0.2, -0.15) is 0 Å². The van der Waals surface area contributed by atoms with Crippen LogP contribution in [0.5, 0.6) is 0 Å². The van der Waals surface area contributed by atoms with E-state index in [9.17, 15) is 14.4 Å². The largest absolute Gasteiger partial charge is 0.480 e. The summed E-state index contributed by atoms with van der Waals surface area (Å²) in [4.78, 5) is 37.1. The number of rotatable bonds is 8. The average molecular weight is 294 g/mol. The number of aliphatic carboxylic acids is 1. The van der Waals surface area contributed by atoms with Crippen molar-refractivity contribution in [2.45, 2.75) is 25.3 Å². The number of aromatic nitrogens is 1. The van der Waals surface area contributed by atoms with Crippen molar-refractivity contribution in [3.63, 3.8) is 0 Å². The van der Waals surface area contributed by atoms with Crippen LogP contribution in [0.25, 0.3) is 0 Å². The monoisotopic (exact) mass is 294 g/mol. The van der Waals surface area contributed by atoms with Gasteiger partial charge in [-0.1, -0.05) is 6.07 Å². The van der Waals surface area contributed by atoms with Crippen LogP contribution in [0.4, 0.5) is 4.79 Å². The molecule has 0 aliphatic heterocycles. The molecule has 3 amide bonds. The number of hydrogen-bond donors (Lipinski definition) is 4. The lowest BCUT2D eigenvalue weighted by Crippen LogP contribution is -2.46. The molecule has 114 valence electrons. The predicted molar refractivity (Wildman–Crippen MR) is 74.3 cm³/mol. The number of carbonyl (C=O) groups excluding carboxylic acids is 2. The fourth-order valence-corrected chi connectivity index (χ4v) is 1.62. The van der Waals surface area contributed by atoms with E-state index in [1.54, 1.807) is 18.5 Å². The number of carboxylic acids is 1. The number of nitrogens with two attached hydrogens (primary N) is 1. The van der Waals surface area contributed by atoms with Crippen LogP contribution < -0.4 is 16.4 Å². The topological polar surface area (TPSA) is 134 Å². The van der Waals surface area contributed by atoms with Gasteiger partial charge in [0, 0.05) is 25.4 Å². The minimum atomic E-state index is -1.21. The Morgan fingerprint density at radius 2 is 2.14 bits per heavy atom. The molecule has 1 heterocycles. The summed E-state index contributed by atoms with van der Waals surface area (Å²) >= 11 is 0. The van der Waals surface area contributed by atoms with Gasteiger partial charge in [-0.3, -0.25) is 9.78 Å². The Morgan fingerprint density at radius 1 is 1.38 bits per heavy atom. The summed E-state index contributed by atoms with van der Waals surface area (Å²) < 4.78 is 0. The van der Waals surface area contributed by atoms with Gasteiger partial charge in [0.15, 0.2) is 0 Å². The first-order valence-corrected chi connectivity index (χ1v) is 6.43. The molecule has 0 aliphatic carbocycles. The first-order valence-electron chi connectivity index (χ1n) is 6.43. The molecule has 1 aromatic heterocycles. The van der Waals surface area contributed by atoms with E-state index in [1.165, 1.54) is 0 Å². The van der Waals surface area contributed by atoms with E-state index >= 15 is 0 Å². The molecule has 0 radical (unpaired) electrons. The zero-order valence-electron chi connectivity index (χ0n) is 11.4. The summed E-state index contributed by atoms with van der Waals surface area (Å²) in [6.45, 7) is 0.347. The molecule has 0 aromatic carbocycles. The maximum absolute atomic E-state index is 11.6. The third-order valence-corrected chi connectivity index (χ3v) is 2.70. The van der Waals surface area contributed by atoms with Gasteiger partial charge in [0.2, 0.25) is 5.91 Å². The molecule has 5 N–H and O–H groups in total. The molecular formula is C13H18N4O4. The van der Waals surface area contributed by atoms with Crippen molar-refractivity contribution < 1.29 is 19.5 Å². The third-order valence-electron chi connectivity index (χ3n) is 2.70. The van der Waals surface area contributed by atoms with Gasteiger partial charge in [0.1, 0.15) is 6.04 Å². The van der Waals surface area contributed by atoms with E-state index in [0.29, 0.717) is 13.0 Å². The average Bonchev–Trinajstić information content (AvgIpc) is 2.44. The first kappa shape index (κ1) is 16.4. The fraction of sp³-hybridized carbons (Fsp3) is 0.385. The molecule has 0 aliphatic rings. The van der Waals surface area contributed by atoms with E-state index in [-0.39, 0.29) is 12.8 Å². The summed E-state index contributed by atoms with van der Waals surface area (Å²) in [6, 6.07) is 1.92. The van der Waals surface area contributed by atoms with Crippen molar-refractivity contribution >= 4 is 17.9 Å². The Kier molecular flexibility index (Phi) is 6.66. The molecule has 0 saturated heterocycles. The summed E-state index contributed by atoms with van der Waals surface area (Å²) in [6.07, 6.45) is 3.78. The Bertz CT molecular complexity index is 492. The van der Waals surface area contributed by atoms with Gasteiger partial charge in [0.05, 0.1) is 0 Å². The molecule has 1 rings (SSSR count). The van der Waals surface area contributed by atoms with Crippen LogP contribution in [0.15, 0.2) is 24.5 Å². The highest BCUT2D eigenvalue weighted by Gasteiger charge is 2.20. The molecule has 8 heteroatoms. The van der Waals surface area contributed by atoms with Gasteiger partial charge >= 0.3 is 12.0 Å². The van der Waals surface area contributed by atoms with Crippen LogP contribution in [-0.2, 0) is 16.0 Å². The number of amides is 3. The van der Waals surface area contributed by atoms with Crippen LogP contribution in [0.2, 0.25) is 0 Å². The maximum Gasteiger partial charge on any atom is 0.326 e. The molecule has 0 unspecified atom stereocenters. The van der Waals surface area contributed by atoms with Crippen molar-refractivity contribution in [2.75, 3.05) is 6.54 Å². The zero-order valence-corrected chi connectivity index (χ0v) is 11.4. The predicted octanol–water partition coefficient (Wildman–Crippen LogP) is -0.358. The Morgan fingerprint density at radius 3 is 2.71 bits per heavy atom. The van der Waals surface area contributed by atoms with Crippen LogP contribution in [-0.4, -0.2) is 40.6 Å². The molecule has 1 atom stereocenters. The van der Waals surface area contributed by atoms with E-state index < -0.39 is 23.9 Å². The minimum absolute atomic E-state index is 0.0410. The molecule has 21 heavy (non-hydrogen) atoms. The zero-order chi connectivity index (χ0) is 15.7. The van der Waals surface area contributed by atoms with Gasteiger partial charge in [-0.15, -0.1) is 0 Å². The van der Waals surface area contributed by atoms with Gasteiger partial charge in [-0.25, -0.2) is 9.59 Å². The maximum atomic E-state index is 11.6. The number of primary amides is 1. The van der Waals surface area contributed by atoms with Gasteiger partial charge < -0.3 is 21.5 Å². The minimum Gasteiger partial charge on any atom is -0.480 e. The van der Waals surface area contributed by atoms with E-state index in [2.05, 4.69) is 15.6 Å². The smallest absolute Gasteiger partial charge is 0.326 e. The van der Waals surface area contributed by atoms with Crippen molar-refractivity contribution in [2.24, 2.45) is 5.73 Å². The van der Waals surface area contributed by atoms with Crippen molar-refractivity contribution in [3.8, 4) is 0 Å². The Hall–Kier alpha value is -2.64. The van der Waals surface area contributed by atoms with Crippen LogP contribution in [0.3, 0.4) is 0 Å². The first-order chi connectivity index (χ1) is 9.99. The number of carbonyl (C=O) groups is 3. The van der Waals surface area contributed by atoms with Crippen molar-refractivity contribution in [3.05, 3.63) is 30.1 Å². The van der Waals surface area contributed by atoms with E-state index in [4.69, 9.17) is 10.8 Å². The van der Waals surface area contributed by atoms with Crippen molar-refractivity contribution in [1.82, 2.24) is 15.6 Å². The Labute approximate surface area is 121 Å². The standard InChI is InChI=1S/C13H18N4O4/c14-11(18)4-3-10(12(19)20)17-13(21)16-7-5-9-2-1-6-15-8-9/h1-2,6,8,10H,3-5,7H2,(H2,14,18)(H,19,20)(H2,16,17,21)/t10-/m1/s1. The lowest BCUT2D eigenvalue weighted by atomic mass is 10.1. The van der Waals surface area contributed by atoms with Crippen LogP contribution in [0.1, 0.15) is 18.4 Å². The number of carboxylic acid groups (broad SMARTS) is 1. The number of nitrogens with zero attached hydrogens (tertiary/aromatic N) is 1. The lowest BCUT2D eigenvalue weighted by Gasteiger charge is -2.14. The summed E-state index contributed by atoms with van der Waals surface area (Å²) in [5.74, 6) is -1.82. The molecule has 0 spiro atoms. The molecular weight excluding hydrogens is 276 g/mol. The van der Waals surface area contributed by atoms with E-state index in [0.717, 1.165) is 5.56 Å². The second kappa shape index (κ2) is 8.51. The van der Waals surface area contributed by atoms with E-state index in [1.807, 2.05) is 6.07 Å². The quantitative estimate of drug-likeness (QED) is 0.519. The summed E-state index contributed by atoms with van der Waals surface area (Å²) in [5.41, 5.74) is 5.91. The second-order valence-corrected chi connectivity index (χ2v) is 4.41. The molecule has 8 nitrogen and oxygen atoms in total. The highest BCUT2D eigenvalue weighted by molar-refractivity contribution is 5.83. The normalized spacial score (nSPS) is 11.4. The van der Waals surface area contributed by atoms with Crippen LogP contribution in [0, 0.1) is 0 Å². The molecule has 1 aromatic rings. The second-order valence-electron chi connectivity index (χ2n) is 4.41. The Balaban J connectivity index is 2.33. The molecule has 0 fully saturated rings. The number of nitrogens with one attached hydrogen (secondary N) is 2. The lowest BCUT2D eigenvalue weighted by molar-refractivity contribution is -0.139. The van der Waals surface area contributed by atoms with Gasteiger partial charge in [0.25, 0.3) is 0 Å². The molecule has 0 saturated carbocycles. The summed E-state index contributed by atoms with van der Waals surface area (Å²) in [5, 5.41) is 13.8. The van der Waals surface area contributed by atoms with Crippen LogP contribution >= 0.6 is 0 Å². The number of hydrogen-bond acceptors (Lipinski definition) is 4. The summed E-state index contributed by atoms with van der Waals surface area (Å²) in [7, 11) is 0. The molecule has 0 bridgehead atoms. The SMILES string of the molecule is NC(=O)CC[C@@H](NC(=O)NCCc1cccnc1)C(=O)O. The highest BCUT2D eigenvalue weighted by Crippen LogP contribution is 1.98. The number of pyridine rings is 1. The van der Waals surface area contributed by atoms with Crippen molar-refractivity contribution in [1.29, 1.82) is 0 Å². The number of urea groups is 1.